The van der Waals surface area contributed by atoms with Crippen LogP contribution >= 0.6 is 34.5 Å². The smallest absolute Gasteiger partial charge is 0.259 e. The van der Waals surface area contributed by atoms with E-state index in [-0.39, 0.29) is 5.13 Å². The van der Waals surface area contributed by atoms with Gasteiger partial charge in [-0.25, -0.2) is 9.78 Å². The van der Waals surface area contributed by atoms with E-state index in [0.717, 1.165) is 21.6 Å². The second-order valence-corrected chi connectivity index (χ2v) is 9.72. The van der Waals surface area contributed by atoms with Crippen LogP contribution in [0.5, 0.6) is 0 Å². The second-order valence-electron chi connectivity index (χ2n) is 6.31. The molecule has 0 spiro atoms. The van der Waals surface area contributed by atoms with Crippen molar-refractivity contribution in [3.8, 4) is 11.3 Å². The van der Waals surface area contributed by atoms with Crippen molar-refractivity contribution in [1.29, 1.82) is 0 Å². The zero-order chi connectivity index (χ0) is 21.5. The number of nitrogens with zero attached hydrogens (tertiary/aromatic N) is 3. The lowest BCUT2D eigenvalue weighted by Crippen LogP contribution is -2.38. The molecule has 0 saturated heterocycles. The Bertz CT molecular complexity index is 1250. The van der Waals surface area contributed by atoms with Crippen molar-refractivity contribution in [2.24, 2.45) is 5.28 Å². The molecule has 1 aliphatic heterocycles. The summed E-state index contributed by atoms with van der Waals surface area (Å²) < 4.78 is 29.2. The van der Waals surface area contributed by atoms with E-state index in [1.165, 1.54) is 0 Å². The van der Waals surface area contributed by atoms with Crippen LogP contribution in [0.2, 0.25) is 10.0 Å². The molecule has 0 fully saturated rings. The average Bonchev–Trinajstić information content (AvgIpc) is 3.29. The molecule has 0 bridgehead atoms. The van der Waals surface area contributed by atoms with Gasteiger partial charge in [0.05, 0.1) is 15.7 Å². The Morgan fingerprint density at radius 3 is 2.47 bits per heavy atom. The SMILES string of the molecule is Cc1ccc([N+]2=NOC(=O)C2S(=O)(=O)Nc2nc(-c3c(Cl)cccc3Cl)cs2)cc1. The Morgan fingerprint density at radius 2 is 1.80 bits per heavy atom. The molecule has 154 valence electrons. The van der Waals surface area contributed by atoms with Crippen LogP contribution in [0.4, 0.5) is 10.8 Å². The van der Waals surface area contributed by atoms with Gasteiger partial charge < -0.3 is 0 Å². The fourth-order valence-electron chi connectivity index (χ4n) is 2.77. The molecule has 0 aliphatic carbocycles. The van der Waals surface area contributed by atoms with E-state index < -0.39 is 21.4 Å². The van der Waals surface area contributed by atoms with Gasteiger partial charge >= 0.3 is 21.4 Å². The number of hydrogen-bond acceptors (Lipinski definition) is 7. The monoisotopic (exact) mass is 483 g/mol. The van der Waals surface area contributed by atoms with Crippen LogP contribution in [0.1, 0.15) is 5.56 Å². The van der Waals surface area contributed by atoms with Crippen LogP contribution in [0.15, 0.2) is 53.1 Å². The predicted octanol–water partition coefficient (Wildman–Crippen LogP) is 4.76. The molecule has 2 aromatic carbocycles. The Kier molecular flexibility index (Phi) is 5.49. The van der Waals surface area contributed by atoms with Crippen LogP contribution in [-0.2, 0) is 19.7 Å². The van der Waals surface area contributed by atoms with Crippen molar-refractivity contribution in [2.75, 3.05) is 4.72 Å². The number of anilines is 1. The molecule has 0 amide bonds. The van der Waals surface area contributed by atoms with Gasteiger partial charge in [0.15, 0.2) is 5.13 Å². The highest BCUT2D eigenvalue weighted by Gasteiger charge is 2.52. The Hall–Kier alpha value is -2.53. The maximum absolute atomic E-state index is 12.9. The van der Waals surface area contributed by atoms with Crippen molar-refractivity contribution < 1.29 is 22.7 Å². The first kappa shape index (κ1) is 20.7. The summed E-state index contributed by atoms with van der Waals surface area (Å²) in [6.07, 6.45) is 0. The highest BCUT2D eigenvalue weighted by molar-refractivity contribution is 7.94. The van der Waals surface area contributed by atoms with E-state index in [2.05, 4.69) is 19.8 Å². The van der Waals surface area contributed by atoms with Gasteiger partial charge in [0.25, 0.3) is 0 Å². The highest BCUT2D eigenvalue weighted by atomic mass is 35.5. The van der Waals surface area contributed by atoms with E-state index in [0.29, 0.717) is 27.0 Å². The Balaban J connectivity index is 1.63. The standard InChI is InChI=1S/C18H13Cl2N4O4S2/c1-10-5-7-11(8-6-10)24-16(17(25)28-23-24)30(26,27)22-18-21-14(9-29-18)15-12(19)3-2-4-13(15)20/h2-9,16H,1H3,(H,21,22)/q+1. The normalized spacial score (nSPS) is 16.3. The van der Waals surface area contributed by atoms with Crippen LogP contribution in [0.3, 0.4) is 0 Å². The Morgan fingerprint density at radius 1 is 1.13 bits per heavy atom. The molecule has 12 heteroatoms. The van der Waals surface area contributed by atoms with Crippen LogP contribution in [0, 0.1) is 6.92 Å². The summed E-state index contributed by atoms with van der Waals surface area (Å²) in [6.45, 7) is 1.88. The first-order valence-electron chi connectivity index (χ1n) is 8.45. The van der Waals surface area contributed by atoms with Crippen molar-refractivity contribution in [1.82, 2.24) is 4.98 Å². The van der Waals surface area contributed by atoms with Gasteiger partial charge in [-0.3, -0.25) is 9.56 Å². The molecule has 1 atom stereocenters. The topological polar surface area (TPSA) is 101 Å². The minimum absolute atomic E-state index is 0.0459. The fourth-order valence-corrected chi connectivity index (χ4v) is 5.56. The lowest BCUT2D eigenvalue weighted by molar-refractivity contribution is -0.518. The maximum Gasteiger partial charge on any atom is 0.429 e. The van der Waals surface area contributed by atoms with Gasteiger partial charge in [-0.1, -0.05) is 47.0 Å². The number of aryl methyl sites for hydroxylation is 1. The number of hydrogen-bond donors (Lipinski definition) is 1. The molecule has 3 aromatic rings. The van der Waals surface area contributed by atoms with E-state index in [4.69, 9.17) is 23.2 Å². The van der Waals surface area contributed by atoms with Crippen LogP contribution < -0.4 is 4.72 Å². The molecule has 0 radical (unpaired) electrons. The molecule has 4 rings (SSSR count). The number of benzene rings is 2. The number of thiazole rings is 1. The molecule has 1 unspecified atom stereocenters. The lowest BCUT2D eigenvalue weighted by Gasteiger charge is -2.06. The largest absolute Gasteiger partial charge is 0.429 e. The van der Waals surface area contributed by atoms with Crippen LogP contribution in [-0.4, -0.2) is 29.4 Å². The number of aromatic nitrogens is 1. The fraction of sp³-hybridized carbons (Fsp3) is 0.111. The lowest BCUT2D eigenvalue weighted by atomic mass is 10.2. The minimum atomic E-state index is -4.27. The number of halogens is 2. The molecule has 8 nitrogen and oxygen atoms in total. The molecule has 2 heterocycles. The highest BCUT2D eigenvalue weighted by Crippen LogP contribution is 2.36. The van der Waals surface area contributed by atoms with Crippen molar-refractivity contribution in [3.63, 3.8) is 0 Å². The molecule has 1 aromatic heterocycles. The van der Waals surface area contributed by atoms with Gasteiger partial charge in [-0.2, -0.15) is 8.42 Å². The van der Waals surface area contributed by atoms with Crippen molar-refractivity contribution >= 4 is 61.4 Å². The molecule has 0 saturated carbocycles. The van der Waals surface area contributed by atoms with E-state index in [9.17, 15) is 13.2 Å². The zero-order valence-electron chi connectivity index (χ0n) is 15.2. The summed E-state index contributed by atoms with van der Waals surface area (Å²) in [7, 11) is -4.27. The first-order chi connectivity index (χ1) is 14.3. The van der Waals surface area contributed by atoms with Gasteiger partial charge in [0.1, 0.15) is 0 Å². The molecule has 1 aliphatic rings. The third-order valence-electron chi connectivity index (χ3n) is 4.19. The maximum atomic E-state index is 12.9. The quantitative estimate of drug-likeness (QED) is 0.527. The minimum Gasteiger partial charge on any atom is -0.259 e. The summed E-state index contributed by atoms with van der Waals surface area (Å²) in [5, 5.41) is 4.31. The van der Waals surface area contributed by atoms with E-state index in [1.54, 1.807) is 47.8 Å². The van der Waals surface area contributed by atoms with Gasteiger partial charge in [0, 0.05) is 23.1 Å². The van der Waals surface area contributed by atoms with E-state index >= 15 is 0 Å². The first-order valence-corrected chi connectivity index (χ1v) is 11.6. The predicted molar refractivity (Wildman–Crippen MR) is 114 cm³/mol. The average molecular weight is 484 g/mol. The van der Waals surface area contributed by atoms with Crippen molar-refractivity contribution in [2.45, 2.75) is 12.3 Å². The summed E-state index contributed by atoms with van der Waals surface area (Å²) in [6, 6.07) is 11.8. The third kappa shape index (κ3) is 3.91. The van der Waals surface area contributed by atoms with Gasteiger partial charge in [-0.15, -0.1) is 11.3 Å². The molecule has 1 N–H and O–H groups in total. The number of nitrogens with one attached hydrogen (secondary N) is 1. The second kappa shape index (κ2) is 7.95. The number of rotatable bonds is 5. The molecular formula is C18H13Cl2N4O4S2+. The van der Waals surface area contributed by atoms with Crippen LogP contribution in [0.25, 0.3) is 11.3 Å². The third-order valence-corrected chi connectivity index (χ3v) is 7.16. The summed E-state index contributed by atoms with van der Waals surface area (Å²) >= 11 is 13.4. The zero-order valence-corrected chi connectivity index (χ0v) is 18.4. The Labute approximate surface area is 185 Å². The summed E-state index contributed by atoms with van der Waals surface area (Å²) in [5.74, 6) is -1.02. The summed E-state index contributed by atoms with van der Waals surface area (Å²) in [5.41, 5.74) is 2.25. The van der Waals surface area contributed by atoms with Gasteiger partial charge in [0.2, 0.25) is 11.0 Å². The number of carbonyl (C=O) groups excluding carboxylic acids is 1. The van der Waals surface area contributed by atoms with Crippen molar-refractivity contribution in [3.05, 3.63) is 63.5 Å². The van der Waals surface area contributed by atoms with E-state index in [1.807, 2.05) is 6.92 Å². The molecular weight excluding hydrogens is 471 g/mol. The number of sulfonamides is 1. The van der Waals surface area contributed by atoms with Gasteiger partial charge in [-0.05, 0) is 23.8 Å². The summed E-state index contributed by atoms with van der Waals surface area (Å²) in [4.78, 5) is 21.0. The number of carbonyl (C=O) groups is 1. The molecule has 30 heavy (non-hydrogen) atoms.